The van der Waals surface area contributed by atoms with Crippen molar-refractivity contribution in [3.05, 3.63) is 65.9 Å². The summed E-state index contributed by atoms with van der Waals surface area (Å²) in [6, 6.07) is 13.8. The number of carbonyl (C=O) groups excluding carboxylic acids is 2. The highest BCUT2D eigenvalue weighted by molar-refractivity contribution is 6.40. The fourth-order valence-electron chi connectivity index (χ4n) is 2.60. The lowest BCUT2D eigenvalue weighted by Crippen LogP contribution is -2.41. The van der Waals surface area contributed by atoms with Crippen LogP contribution in [0.25, 0.3) is 5.57 Å². The summed E-state index contributed by atoms with van der Waals surface area (Å²) >= 11 is 0. The summed E-state index contributed by atoms with van der Waals surface area (Å²) in [6.45, 7) is 2.28. The van der Waals surface area contributed by atoms with E-state index >= 15 is 0 Å². The van der Waals surface area contributed by atoms with Gasteiger partial charge in [0.2, 0.25) is 0 Å². The number of benzene rings is 2. The monoisotopic (exact) mass is 323 g/mol. The van der Waals surface area contributed by atoms with Crippen molar-refractivity contribution in [2.45, 2.75) is 6.92 Å². The van der Waals surface area contributed by atoms with Gasteiger partial charge < -0.3 is 9.47 Å². The Labute approximate surface area is 140 Å². The van der Waals surface area contributed by atoms with Gasteiger partial charge in [-0.25, -0.2) is 4.90 Å². The molecule has 3 rings (SSSR count). The summed E-state index contributed by atoms with van der Waals surface area (Å²) in [6.07, 6.45) is 1.42. The Bertz CT molecular complexity index is 808. The van der Waals surface area contributed by atoms with Gasteiger partial charge >= 0.3 is 0 Å². The van der Waals surface area contributed by atoms with E-state index in [4.69, 9.17) is 9.47 Å². The zero-order valence-electron chi connectivity index (χ0n) is 13.5. The first-order valence-corrected chi connectivity index (χ1v) is 7.61. The molecule has 0 fully saturated rings. The molecule has 0 bridgehead atoms. The summed E-state index contributed by atoms with van der Waals surface area (Å²) < 4.78 is 10.4. The largest absolute Gasteiger partial charge is 0.501 e. The number of hydrogen-bond acceptors (Lipinski definition) is 4. The molecule has 0 radical (unpaired) electrons. The third-order valence-electron chi connectivity index (χ3n) is 3.78. The molecule has 2 aromatic carbocycles. The fraction of sp³-hybridized carbons (Fsp3) is 0.158. The molecule has 1 heterocycles. The number of hydrogen-bond donors (Lipinski definition) is 0. The van der Waals surface area contributed by atoms with Crippen LogP contribution in [0.4, 0.5) is 5.69 Å². The van der Waals surface area contributed by atoms with Gasteiger partial charge in [-0.15, -0.1) is 0 Å². The van der Waals surface area contributed by atoms with Crippen LogP contribution in [0.2, 0.25) is 0 Å². The number of ether oxygens (including phenoxy) is 2. The number of anilines is 1. The zero-order valence-corrected chi connectivity index (χ0v) is 13.5. The topological polar surface area (TPSA) is 55.8 Å². The number of nitrogens with zero attached hydrogens (tertiary/aromatic N) is 1. The van der Waals surface area contributed by atoms with Crippen LogP contribution in [0.3, 0.4) is 0 Å². The highest BCUT2D eigenvalue weighted by Crippen LogP contribution is 2.32. The van der Waals surface area contributed by atoms with E-state index in [-0.39, 0.29) is 5.91 Å². The van der Waals surface area contributed by atoms with Crippen molar-refractivity contribution in [1.29, 1.82) is 0 Å². The molecule has 122 valence electrons. The number of methoxy groups -OCH3 is 1. The summed E-state index contributed by atoms with van der Waals surface area (Å²) in [5.41, 5.74) is 1.91. The van der Waals surface area contributed by atoms with Crippen LogP contribution in [0.5, 0.6) is 5.75 Å². The van der Waals surface area contributed by atoms with Crippen LogP contribution in [0, 0.1) is 0 Å². The smallest absolute Gasteiger partial charge is 0.269 e. The molecular weight excluding hydrogens is 306 g/mol. The maximum Gasteiger partial charge on any atom is 0.269 e. The minimum atomic E-state index is -0.405. The van der Waals surface area contributed by atoms with E-state index in [9.17, 15) is 9.59 Å². The van der Waals surface area contributed by atoms with Crippen molar-refractivity contribution in [3.8, 4) is 5.75 Å². The maximum absolute atomic E-state index is 12.9. The molecule has 5 nitrogen and oxygen atoms in total. The normalized spacial score (nSPS) is 15.4. The van der Waals surface area contributed by atoms with Crippen molar-refractivity contribution in [1.82, 2.24) is 0 Å². The molecule has 2 amide bonds. The standard InChI is InChI=1S/C19H17NO4/c1-3-24-12-17-15-6-4-5-7-16(15)18(21)20(19(17)22)13-8-10-14(23-2)11-9-13/h4-12H,3H2,1-2H3. The lowest BCUT2D eigenvalue weighted by Gasteiger charge is -2.28. The minimum absolute atomic E-state index is 0.352. The molecule has 0 N–H and O–H groups in total. The van der Waals surface area contributed by atoms with E-state index in [1.807, 2.05) is 6.92 Å². The zero-order chi connectivity index (χ0) is 17.1. The highest BCUT2D eigenvalue weighted by Gasteiger charge is 2.36. The lowest BCUT2D eigenvalue weighted by atomic mass is 9.94. The molecule has 5 heteroatoms. The van der Waals surface area contributed by atoms with E-state index in [1.165, 1.54) is 6.26 Å². The molecule has 1 aliphatic heterocycles. The molecule has 0 saturated heterocycles. The van der Waals surface area contributed by atoms with Gasteiger partial charge in [-0.1, -0.05) is 18.2 Å². The van der Waals surface area contributed by atoms with Crippen molar-refractivity contribution in [2.24, 2.45) is 0 Å². The number of imide groups is 1. The minimum Gasteiger partial charge on any atom is -0.501 e. The number of rotatable bonds is 4. The molecule has 1 aliphatic rings. The van der Waals surface area contributed by atoms with Crippen LogP contribution >= 0.6 is 0 Å². The Hall–Kier alpha value is -3.08. The van der Waals surface area contributed by atoms with Gasteiger partial charge in [-0.05, 0) is 37.3 Å². The van der Waals surface area contributed by atoms with Gasteiger partial charge in [0.05, 0.1) is 31.2 Å². The highest BCUT2D eigenvalue weighted by atomic mass is 16.5. The SMILES string of the molecule is CCOC=C1C(=O)N(c2ccc(OC)cc2)C(=O)c2ccccc21. The molecule has 2 aromatic rings. The average molecular weight is 323 g/mol. The van der Waals surface area contributed by atoms with Crippen molar-refractivity contribution >= 4 is 23.1 Å². The second kappa shape index (κ2) is 6.58. The Kier molecular flexibility index (Phi) is 4.33. The van der Waals surface area contributed by atoms with Gasteiger partial charge in [0.15, 0.2) is 0 Å². The first-order valence-electron chi connectivity index (χ1n) is 7.61. The predicted octanol–water partition coefficient (Wildman–Crippen LogP) is 3.26. The Morgan fingerprint density at radius 1 is 0.958 bits per heavy atom. The van der Waals surface area contributed by atoms with E-state index in [2.05, 4.69) is 0 Å². The van der Waals surface area contributed by atoms with Gasteiger partial charge in [-0.2, -0.15) is 0 Å². The molecule has 0 spiro atoms. The summed E-state index contributed by atoms with van der Waals surface area (Å²) in [5.74, 6) is -0.104. The molecule has 0 aromatic heterocycles. The molecule has 0 aliphatic carbocycles. The Morgan fingerprint density at radius 2 is 1.62 bits per heavy atom. The molecule has 0 unspecified atom stereocenters. The third kappa shape index (κ3) is 2.65. The number of carbonyl (C=O) groups is 2. The number of fused-ring (bicyclic) bond motifs is 1. The third-order valence-corrected chi connectivity index (χ3v) is 3.78. The molecule has 0 atom stereocenters. The number of amides is 2. The van der Waals surface area contributed by atoms with Crippen LogP contribution < -0.4 is 9.64 Å². The van der Waals surface area contributed by atoms with E-state index in [0.29, 0.717) is 34.7 Å². The van der Waals surface area contributed by atoms with Gasteiger partial charge in [0.25, 0.3) is 11.8 Å². The quantitative estimate of drug-likeness (QED) is 0.492. The van der Waals surface area contributed by atoms with Gasteiger partial charge in [-0.3, -0.25) is 9.59 Å². The summed E-state index contributed by atoms with van der Waals surface area (Å²) in [4.78, 5) is 26.9. The Balaban J connectivity index is 2.10. The predicted molar refractivity (Wildman–Crippen MR) is 90.9 cm³/mol. The average Bonchev–Trinajstić information content (AvgIpc) is 2.62. The van der Waals surface area contributed by atoms with Crippen LogP contribution in [0.1, 0.15) is 22.8 Å². The van der Waals surface area contributed by atoms with E-state index < -0.39 is 5.91 Å². The first-order chi connectivity index (χ1) is 11.7. The lowest BCUT2D eigenvalue weighted by molar-refractivity contribution is -0.113. The van der Waals surface area contributed by atoms with E-state index in [1.54, 1.807) is 55.6 Å². The second-order valence-electron chi connectivity index (χ2n) is 5.18. The van der Waals surface area contributed by atoms with Gasteiger partial charge in [0.1, 0.15) is 5.75 Å². The molecular formula is C19H17NO4. The molecule has 0 saturated carbocycles. The van der Waals surface area contributed by atoms with E-state index in [0.717, 1.165) is 4.90 Å². The van der Waals surface area contributed by atoms with Crippen molar-refractivity contribution in [2.75, 3.05) is 18.6 Å². The summed E-state index contributed by atoms with van der Waals surface area (Å²) in [7, 11) is 1.56. The first kappa shape index (κ1) is 15.8. The van der Waals surface area contributed by atoms with Gasteiger partial charge in [0, 0.05) is 11.1 Å². The fourth-order valence-corrected chi connectivity index (χ4v) is 2.60. The second-order valence-corrected chi connectivity index (χ2v) is 5.18. The summed E-state index contributed by atoms with van der Waals surface area (Å²) in [5, 5.41) is 0. The van der Waals surface area contributed by atoms with Crippen LogP contribution in [0.15, 0.2) is 54.8 Å². The van der Waals surface area contributed by atoms with Crippen molar-refractivity contribution in [3.63, 3.8) is 0 Å². The van der Waals surface area contributed by atoms with Crippen LogP contribution in [-0.2, 0) is 9.53 Å². The Morgan fingerprint density at radius 3 is 2.25 bits per heavy atom. The van der Waals surface area contributed by atoms with Crippen molar-refractivity contribution < 1.29 is 19.1 Å². The maximum atomic E-state index is 12.9. The molecule has 24 heavy (non-hydrogen) atoms. The van der Waals surface area contributed by atoms with Crippen LogP contribution in [-0.4, -0.2) is 25.5 Å².